The Labute approximate surface area is 196 Å². The molecule has 3 aromatic carbocycles. The standard InChI is InChI=1S/C27H25FN2O4/c1-30-23-12-18(7-4-16(23)14-29-30)34-24-11-9-22(28)26-19(24)8-10-25(26)33-17-5-2-15(3-6-17)20-13-21(20)27(31)32/h2-7,9,11-12,20-21,25,29H,8,10,13-14H2,1H3,(H,31,32)/t20-,21+,25-/m1/s1. The lowest BCUT2D eigenvalue weighted by molar-refractivity contribution is -0.138. The second-order valence-electron chi connectivity index (χ2n) is 9.23. The minimum atomic E-state index is -0.745. The summed E-state index contributed by atoms with van der Waals surface area (Å²) >= 11 is 0. The molecule has 0 radical (unpaired) electrons. The molecule has 7 heteroatoms. The van der Waals surface area contributed by atoms with Crippen LogP contribution in [-0.2, 0) is 17.8 Å². The van der Waals surface area contributed by atoms with Crippen molar-refractivity contribution in [2.45, 2.75) is 37.8 Å². The molecular formula is C27H25FN2O4. The Kier molecular flexibility index (Phi) is 4.95. The van der Waals surface area contributed by atoms with Gasteiger partial charge in [0.25, 0.3) is 0 Å². The van der Waals surface area contributed by atoms with Crippen LogP contribution in [0.25, 0.3) is 0 Å². The first-order chi connectivity index (χ1) is 16.5. The number of nitrogens with one attached hydrogen (secondary N) is 1. The van der Waals surface area contributed by atoms with Gasteiger partial charge in [-0.05, 0) is 66.6 Å². The number of nitrogens with zero attached hydrogens (tertiary/aromatic N) is 1. The van der Waals surface area contributed by atoms with E-state index in [4.69, 9.17) is 14.6 Å². The highest BCUT2D eigenvalue weighted by Crippen LogP contribution is 2.48. The van der Waals surface area contributed by atoms with Crippen LogP contribution in [0.4, 0.5) is 10.1 Å². The third kappa shape index (κ3) is 3.66. The van der Waals surface area contributed by atoms with Crippen molar-refractivity contribution < 1.29 is 23.8 Å². The molecule has 3 aromatic rings. The monoisotopic (exact) mass is 460 g/mol. The molecule has 3 aliphatic rings. The molecule has 6 nitrogen and oxygen atoms in total. The van der Waals surface area contributed by atoms with Gasteiger partial charge in [0.1, 0.15) is 29.2 Å². The number of hydrazine groups is 1. The average molecular weight is 461 g/mol. The number of ether oxygens (including phenoxy) is 2. The van der Waals surface area contributed by atoms with Gasteiger partial charge < -0.3 is 19.6 Å². The normalized spacial score (nSPS) is 22.3. The van der Waals surface area contributed by atoms with Crippen molar-refractivity contribution in [3.63, 3.8) is 0 Å². The zero-order chi connectivity index (χ0) is 23.4. The van der Waals surface area contributed by atoms with Crippen LogP contribution >= 0.6 is 0 Å². The maximum atomic E-state index is 14.9. The molecule has 2 N–H and O–H groups in total. The van der Waals surface area contributed by atoms with E-state index in [2.05, 4.69) is 5.43 Å². The first kappa shape index (κ1) is 21.0. The van der Waals surface area contributed by atoms with Crippen molar-refractivity contribution >= 4 is 11.7 Å². The molecule has 1 aliphatic heterocycles. The molecule has 174 valence electrons. The fourth-order valence-corrected chi connectivity index (χ4v) is 5.13. The number of carboxylic acid groups (broad SMARTS) is 1. The van der Waals surface area contributed by atoms with E-state index in [0.29, 0.717) is 42.1 Å². The van der Waals surface area contributed by atoms with Gasteiger partial charge >= 0.3 is 5.97 Å². The minimum Gasteiger partial charge on any atom is -0.486 e. The largest absolute Gasteiger partial charge is 0.486 e. The van der Waals surface area contributed by atoms with E-state index in [0.717, 1.165) is 23.4 Å². The predicted molar refractivity (Wildman–Crippen MR) is 125 cm³/mol. The summed E-state index contributed by atoms with van der Waals surface area (Å²) in [5, 5.41) is 11.1. The summed E-state index contributed by atoms with van der Waals surface area (Å²) in [6.45, 7) is 0.791. The van der Waals surface area contributed by atoms with Gasteiger partial charge in [-0.1, -0.05) is 18.2 Å². The Morgan fingerprint density at radius 2 is 1.91 bits per heavy atom. The van der Waals surface area contributed by atoms with Gasteiger partial charge in [-0.2, -0.15) is 0 Å². The molecule has 0 amide bonds. The van der Waals surface area contributed by atoms with Gasteiger partial charge in [-0.15, -0.1) is 0 Å². The Morgan fingerprint density at radius 3 is 2.68 bits per heavy atom. The van der Waals surface area contributed by atoms with Crippen molar-refractivity contribution in [2.24, 2.45) is 5.92 Å². The molecule has 1 heterocycles. The highest BCUT2D eigenvalue weighted by Gasteiger charge is 2.44. The maximum Gasteiger partial charge on any atom is 0.307 e. The number of hydrogen-bond donors (Lipinski definition) is 2. The molecule has 3 atom stereocenters. The SMILES string of the molecule is CN1NCc2ccc(Oc3ccc(F)c4c3CC[C@H]4Oc3ccc([C@H]4C[C@@H]4C(=O)O)cc3)cc21. The summed E-state index contributed by atoms with van der Waals surface area (Å²) in [5.41, 5.74) is 7.94. The lowest BCUT2D eigenvalue weighted by Gasteiger charge is -2.17. The zero-order valence-corrected chi connectivity index (χ0v) is 18.8. The topological polar surface area (TPSA) is 71.0 Å². The Hall–Kier alpha value is -3.58. The quantitative estimate of drug-likeness (QED) is 0.518. The van der Waals surface area contributed by atoms with E-state index < -0.39 is 12.1 Å². The van der Waals surface area contributed by atoms with E-state index >= 15 is 0 Å². The highest BCUT2D eigenvalue weighted by atomic mass is 19.1. The molecule has 0 spiro atoms. The van der Waals surface area contributed by atoms with Crippen molar-refractivity contribution in [3.05, 3.63) is 82.7 Å². The van der Waals surface area contributed by atoms with Crippen LogP contribution in [0.1, 0.15) is 47.1 Å². The molecule has 34 heavy (non-hydrogen) atoms. The van der Waals surface area contributed by atoms with Crippen LogP contribution in [0.5, 0.6) is 17.2 Å². The number of anilines is 1. The molecule has 2 aliphatic carbocycles. The number of hydrogen-bond acceptors (Lipinski definition) is 5. The van der Waals surface area contributed by atoms with Crippen molar-refractivity contribution in [1.29, 1.82) is 0 Å². The Morgan fingerprint density at radius 1 is 1.12 bits per heavy atom. The molecule has 6 rings (SSSR count). The fraction of sp³-hybridized carbons (Fsp3) is 0.296. The third-order valence-electron chi connectivity index (χ3n) is 7.09. The maximum absolute atomic E-state index is 14.9. The number of halogens is 1. The van der Waals surface area contributed by atoms with E-state index in [-0.39, 0.29) is 17.7 Å². The second-order valence-corrected chi connectivity index (χ2v) is 9.23. The van der Waals surface area contributed by atoms with E-state index in [1.807, 2.05) is 54.5 Å². The molecule has 1 saturated carbocycles. The van der Waals surface area contributed by atoms with Crippen LogP contribution in [0.15, 0.2) is 54.6 Å². The first-order valence-corrected chi connectivity index (χ1v) is 11.6. The van der Waals surface area contributed by atoms with Crippen molar-refractivity contribution in [1.82, 2.24) is 5.43 Å². The number of carboxylic acids is 1. The molecule has 0 bridgehead atoms. The summed E-state index contributed by atoms with van der Waals surface area (Å²) in [5.74, 6) is 0.761. The molecular weight excluding hydrogens is 435 g/mol. The molecule has 0 unspecified atom stereocenters. The first-order valence-electron chi connectivity index (χ1n) is 11.6. The molecule has 0 saturated heterocycles. The third-order valence-corrected chi connectivity index (χ3v) is 7.09. The summed E-state index contributed by atoms with van der Waals surface area (Å²) < 4.78 is 27.3. The summed E-state index contributed by atoms with van der Waals surface area (Å²) in [6.07, 6.45) is 1.61. The minimum absolute atomic E-state index is 0.0747. The van der Waals surface area contributed by atoms with Gasteiger partial charge in [-0.25, -0.2) is 9.82 Å². The van der Waals surface area contributed by atoms with E-state index in [1.165, 1.54) is 11.6 Å². The van der Waals surface area contributed by atoms with Crippen LogP contribution < -0.4 is 19.9 Å². The fourth-order valence-electron chi connectivity index (χ4n) is 5.13. The van der Waals surface area contributed by atoms with E-state index in [1.54, 1.807) is 6.07 Å². The van der Waals surface area contributed by atoms with Gasteiger partial charge in [0.05, 0.1) is 11.6 Å². The van der Waals surface area contributed by atoms with Gasteiger partial charge in [0.15, 0.2) is 0 Å². The number of benzene rings is 3. The van der Waals surface area contributed by atoms with Crippen molar-refractivity contribution in [2.75, 3.05) is 12.1 Å². The molecule has 0 aromatic heterocycles. The Balaban J connectivity index is 1.20. The van der Waals surface area contributed by atoms with Gasteiger partial charge in [0.2, 0.25) is 0 Å². The summed E-state index contributed by atoms with van der Waals surface area (Å²) in [7, 11) is 1.97. The smallest absolute Gasteiger partial charge is 0.307 e. The predicted octanol–water partition coefficient (Wildman–Crippen LogP) is 5.33. The second kappa shape index (κ2) is 8.02. The average Bonchev–Trinajstić information content (AvgIpc) is 3.41. The van der Waals surface area contributed by atoms with Crippen LogP contribution in [0, 0.1) is 11.7 Å². The number of aliphatic carboxylic acids is 1. The molecule has 1 fully saturated rings. The van der Waals surface area contributed by atoms with Crippen molar-refractivity contribution in [3.8, 4) is 17.2 Å². The van der Waals surface area contributed by atoms with Gasteiger partial charge in [-0.3, -0.25) is 4.79 Å². The zero-order valence-electron chi connectivity index (χ0n) is 18.8. The van der Waals surface area contributed by atoms with Gasteiger partial charge in [0, 0.05) is 30.8 Å². The summed E-state index contributed by atoms with van der Waals surface area (Å²) in [6, 6.07) is 16.6. The number of rotatable bonds is 6. The lowest BCUT2D eigenvalue weighted by Crippen LogP contribution is -2.26. The van der Waals surface area contributed by atoms with E-state index in [9.17, 15) is 9.18 Å². The Bertz CT molecular complexity index is 1280. The lowest BCUT2D eigenvalue weighted by atomic mass is 10.1. The number of fused-ring (bicyclic) bond motifs is 2. The van der Waals surface area contributed by atoms with Crippen LogP contribution in [0.2, 0.25) is 0 Å². The van der Waals surface area contributed by atoms with Crippen LogP contribution in [0.3, 0.4) is 0 Å². The van der Waals surface area contributed by atoms with Crippen LogP contribution in [-0.4, -0.2) is 18.1 Å². The highest BCUT2D eigenvalue weighted by molar-refractivity contribution is 5.75. The summed E-state index contributed by atoms with van der Waals surface area (Å²) in [4.78, 5) is 11.1. The number of carbonyl (C=O) groups is 1.